The second-order valence-corrected chi connectivity index (χ2v) is 3.65. The second-order valence-electron chi connectivity index (χ2n) is 3.65. The zero-order valence-electron chi connectivity index (χ0n) is 9.52. The number of halogens is 2. The molecule has 0 spiro atoms. The lowest BCUT2D eigenvalue weighted by atomic mass is 10.3. The zero-order valence-corrected chi connectivity index (χ0v) is 9.52. The molecular formula is C10H11F2N5O. The molecule has 2 N–H and O–H groups in total. The zero-order chi connectivity index (χ0) is 13.1. The van der Waals surface area contributed by atoms with Crippen LogP contribution in [0.2, 0.25) is 0 Å². The topological polar surface area (TPSA) is 75.6 Å². The maximum absolute atomic E-state index is 12.0. The van der Waals surface area contributed by atoms with Crippen molar-refractivity contribution in [3.8, 4) is 11.4 Å². The van der Waals surface area contributed by atoms with Crippen molar-refractivity contribution in [2.75, 3.05) is 11.9 Å². The fourth-order valence-corrected chi connectivity index (χ4v) is 1.37. The van der Waals surface area contributed by atoms with Gasteiger partial charge in [0.1, 0.15) is 0 Å². The molecule has 18 heavy (non-hydrogen) atoms. The van der Waals surface area contributed by atoms with Gasteiger partial charge in [0.25, 0.3) is 6.43 Å². The van der Waals surface area contributed by atoms with E-state index in [1.165, 1.54) is 10.6 Å². The van der Waals surface area contributed by atoms with E-state index in [0.29, 0.717) is 11.4 Å². The van der Waals surface area contributed by atoms with Gasteiger partial charge in [-0.25, -0.2) is 8.78 Å². The highest BCUT2D eigenvalue weighted by atomic mass is 19.3. The van der Waals surface area contributed by atoms with E-state index in [0.717, 1.165) is 0 Å². The van der Waals surface area contributed by atoms with Gasteiger partial charge in [0, 0.05) is 24.9 Å². The average Bonchev–Trinajstić information content (AvgIpc) is 2.79. The molecule has 0 aliphatic carbocycles. The first kappa shape index (κ1) is 12.2. The van der Waals surface area contributed by atoms with Crippen LogP contribution in [0.15, 0.2) is 23.1 Å². The van der Waals surface area contributed by atoms with Gasteiger partial charge in [-0.2, -0.15) is 4.98 Å². The number of hydrogen-bond donors (Lipinski definition) is 2. The largest absolute Gasteiger partial charge is 0.347 e. The van der Waals surface area contributed by atoms with Gasteiger partial charge in [-0.3, -0.25) is 9.89 Å². The first-order chi connectivity index (χ1) is 8.56. The van der Waals surface area contributed by atoms with E-state index in [-0.39, 0.29) is 11.5 Å². The molecule has 0 radical (unpaired) electrons. The van der Waals surface area contributed by atoms with E-state index in [4.69, 9.17) is 0 Å². The van der Waals surface area contributed by atoms with Crippen LogP contribution in [0.4, 0.5) is 14.7 Å². The van der Waals surface area contributed by atoms with Crippen molar-refractivity contribution in [3.05, 3.63) is 28.7 Å². The maximum Gasteiger partial charge on any atom is 0.255 e. The Morgan fingerprint density at radius 1 is 1.50 bits per heavy atom. The molecule has 2 heterocycles. The van der Waals surface area contributed by atoms with E-state index < -0.39 is 13.0 Å². The molecule has 2 aromatic heterocycles. The summed E-state index contributed by atoms with van der Waals surface area (Å²) in [4.78, 5) is 15.2. The van der Waals surface area contributed by atoms with Crippen LogP contribution in [0.25, 0.3) is 11.4 Å². The SMILES string of the molecule is Cn1cc(-c2nc(NCC(F)F)n[nH]2)ccc1=O. The number of hydrogen-bond acceptors (Lipinski definition) is 4. The predicted molar refractivity (Wildman–Crippen MR) is 61.6 cm³/mol. The van der Waals surface area contributed by atoms with E-state index in [1.54, 1.807) is 19.3 Å². The fourth-order valence-electron chi connectivity index (χ4n) is 1.37. The van der Waals surface area contributed by atoms with Crippen molar-refractivity contribution in [1.29, 1.82) is 0 Å². The monoisotopic (exact) mass is 255 g/mol. The average molecular weight is 255 g/mol. The Bertz CT molecular complexity index is 592. The molecule has 0 saturated carbocycles. The summed E-state index contributed by atoms with van der Waals surface area (Å²) in [6, 6.07) is 2.98. The molecule has 0 saturated heterocycles. The number of nitrogens with zero attached hydrogens (tertiary/aromatic N) is 3. The number of aryl methyl sites for hydroxylation is 1. The molecular weight excluding hydrogens is 244 g/mol. The summed E-state index contributed by atoms with van der Waals surface area (Å²) >= 11 is 0. The van der Waals surface area contributed by atoms with Gasteiger partial charge in [-0.1, -0.05) is 0 Å². The van der Waals surface area contributed by atoms with E-state index in [2.05, 4.69) is 20.5 Å². The van der Waals surface area contributed by atoms with Crippen molar-refractivity contribution >= 4 is 5.95 Å². The molecule has 6 nitrogen and oxygen atoms in total. The Hall–Kier alpha value is -2.25. The Morgan fingerprint density at radius 2 is 2.28 bits per heavy atom. The third-order valence-corrected chi connectivity index (χ3v) is 2.26. The number of alkyl halides is 2. The Balaban J connectivity index is 2.18. The summed E-state index contributed by atoms with van der Waals surface area (Å²) in [6.45, 7) is -0.509. The molecule has 0 aliphatic rings. The van der Waals surface area contributed by atoms with Crippen molar-refractivity contribution in [1.82, 2.24) is 19.7 Å². The summed E-state index contributed by atoms with van der Waals surface area (Å²) < 4.78 is 25.4. The fraction of sp³-hybridized carbons (Fsp3) is 0.300. The highest BCUT2D eigenvalue weighted by Crippen LogP contribution is 2.13. The summed E-state index contributed by atoms with van der Waals surface area (Å²) in [5.41, 5.74) is 0.504. The number of aromatic amines is 1. The molecule has 96 valence electrons. The normalized spacial score (nSPS) is 10.9. The number of H-pyrrole nitrogens is 1. The van der Waals surface area contributed by atoms with Gasteiger partial charge in [-0.15, -0.1) is 5.10 Å². The van der Waals surface area contributed by atoms with Gasteiger partial charge in [0.2, 0.25) is 11.5 Å². The molecule has 0 aromatic carbocycles. The van der Waals surface area contributed by atoms with Crippen LogP contribution in [0, 0.1) is 0 Å². The molecule has 2 rings (SSSR count). The number of aromatic nitrogens is 4. The molecule has 8 heteroatoms. The quantitative estimate of drug-likeness (QED) is 0.849. The molecule has 0 atom stereocenters. The van der Waals surface area contributed by atoms with E-state index in [9.17, 15) is 13.6 Å². The molecule has 0 bridgehead atoms. The molecule has 0 fully saturated rings. The predicted octanol–water partition coefficient (Wildman–Crippen LogP) is 0.847. The lowest BCUT2D eigenvalue weighted by Crippen LogP contribution is -2.14. The van der Waals surface area contributed by atoms with Gasteiger partial charge in [-0.05, 0) is 6.07 Å². The van der Waals surface area contributed by atoms with Crippen LogP contribution in [-0.2, 0) is 7.05 Å². The summed E-state index contributed by atoms with van der Waals surface area (Å²) in [5.74, 6) is 0.501. The lowest BCUT2D eigenvalue weighted by molar-refractivity contribution is 0.163. The first-order valence-corrected chi connectivity index (χ1v) is 5.18. The van der Waals surface area contributed by atoms with Crippen LogP contribution < -0.4 is 10.9 Å². The smallest absolute Gasteiger partial charge is 0.255 e. The van der Waals surface area contributed by atoms with Gasteiger partial charge in [0.05, 0.1) is 6.54 Å². The minimum atomic E-state index is -2.47. The number of pyridine rings is 1. The molecule has 0 unspecified atom stereocenters. The second kappa shape index (κ2) is 4.94. The Morgan fingerprint density at radius 3 is 2.94 bits per heavy atom. The molecule has 0 aliphatic heterocycles. The van der Waals surface area contributed by atoms with Crippen molar-refractivity contribution < 1.29 is 8.78 Å². The van der Waals surface area contributed by atoms with Crippen molar-refractivity contribution in [3.63, 3.8) is 0 Å². The lowest BCUT2D eigenvalue weighted by Gasteiger charge is -2.00. The van der Waals surface area contributed by atoms with Gasteiger partial charge < -0.3 is 9.88 Å². The summed E-state index contributed by atoms with van der Waals surface area (Å²) in [5, 5.41) is 8.75. The highest BCUT2D eigenvalue weighted by molar-refractivity contribution is 5.54. The Kier molecular flexibility index (Phi) is 3.35. The van der Waals surface area contributed by atoms with Crippen molar-refractivity contribution in [2.24, 2.45) is 7.05 Å². The van der Waals surface area contributed by atoms with Crippen LogP contribution in [0.5, 0.6) is 0 Å². The van der Waals surface area contributed by atoms with E-state index in [1.807, 2.05) is 0 Å². The van der Waals surface area contributed by atoms with Crippen LogP contribution in [-0.4, -0.2) is 32.7 Å². The molecule has 2 aromatic rings. The van der Waals surface area contributed by atoms with Crippen LogP contribution in [0.1, 0.15) is 0 Å². The minimum Gasteiger partial charge on any atom is -0.347 e. The van der Waals surface area contributed by atoms with E-state index >= 15 is 0 Å². The summed E-state index contributed by atoms with van der Waals surface area (Å²) in [7, 11) is 1.61. The number of rotatable bonds is 4. The van der Waals surface area contributed by atoms with Crippen LogP contribution >= 0.6 is 0 Å². The Labute approximate surface area is 101 Å². The maximum atomic E-state index is 12.0. The summed E-state index contributed by atoms with van der Waals surface area (Å²) in [6.07, 6.45) is -0.885. The van der Waals surface area contributed by atoms with Crippen molar-refractivity contribution in [2.45, 2.75) is 6.43 Å². The number of nitrogens with one attached hydrogen (secondary N) is 2. The standard InChI is InChI=1S/C10H11F2N5O/c1-17-5-6(2-3-8(17)18)9-14-10(16-15-9)13-4-7(11)12/h2-3,5,7H,4H2,1H3,(H2,13,14,15,16). The minimum absolute atomic E-state index is 0.0964. The third-order valence-electron chi connectivity index (χ3n) is 2.26. The van der Waals surface area contributed by atoms with Crippen LogP contribution in [0.3, 0.4) is 0 Å². The number of anilines is 1. The van der Waals surface area contributed by atoms with Gasteiger partial charge >= 0.3 is 0 Å². The van der Waals surface area contributed by atoms with Gasteiger partial charge in [0.15, 0.2) is 5.82 Å². The molecule has 0 amide bonds. The highest BCUT2D eigenvalue weighted by Gasteiger charge is 2.08. The third kappa shape index (κ3) is 2.70. The first-order valence-electron chi connectivity index (χ1n) is 5.18.